The first-order chi connectivity index (χ1) is 12.0. The molecular formula is C19H22N2O4. The van der Waals surface area contributed by atoms with Crippen LogP contribution in [0.5, 0.6) is 0 Å². The number of allylic oxidation sites excluding steroid dienone is 3. The number of imide groups is 1. The molecule has 1 aromatic rings. The van der Waals surface area contributed by atoms with Crippen LogP contribution in [0.15, 0.2) is 47.2 Å². The minimum atomic E-state index is -1.01. The van der Waals surface area contributed by atoms with E-state index in [4.69, 9.17) is 4.74 Å². The first kappa shape index (κ1) is 17.4. The van der Waals surface area contributed by atoms with Crippen LogP contribution in [-0.2, 0) is 4.74 Å². The number of aliphatic hydroxyl groups is 1. The minimum absolute atomic E-state index is 0.101. The second-order valence-electron chi connectivity index (χ2n) is 6.19. The van der Waals surface area contributed by atoms with Gasteiger partial charge in [0.25, 0.3) is 11.8 Å². The van der Waals surface area contributed by atoms with E-state index in [0.29, 0.717) is 16.7 Å². The van der Waals surface area contributed by atoms with Gasteiger partial charge in [0.2, 0.25) is 0 Å². The van der Waals surface area contributed by atoms with Crippen LogP contribution >= 0.6 is 0 Å². The van der Waals surface area contributed by atoms with Crippen molar-refractivity contribution in [2.45, 2.75) is 32.6 Å². The highest BCUT2D eigenvalue weighted by Gasteiger charge is 2.37. The van der Waals surface area contributed by atoms with E-state index in [-0.39, 0.29) is 18.4 Å². The van der Waals surface area contributed by atoms with Gasteiger partial charge in [-0.2, -0.15) is 0 Å². The van der Waals surface area contributed by atoms with E-state index in [0.717, 1.165) is 22.6 Å². The molecule has 0 aromatic heterocycles. The number of β-amino-alcohol motifs (C(OH)–C–C–N with tert-alkyl or cyclic N) is 1. The Kier molecular flexibility index (Phi) is 4.74. The van der Waals surface area contributed by atoms with Crippen LogP contribution in [0, 0.1) is 0 Å². The molecule has 6 nitrogen and oxygen atoms in total. The maximum atomic E-state index is 12.5. The average molecular weight is 342 g/mol. The number of benzene rings is 1. The molecule has 0 saturated heterocycles. The van der Waals surface area contributed by atoms with Crippen molar-refractivity contribution < 1.29 is 19.4 Å². The number of rotatable bonds is 5. The molecule has 0 saturated carbocycles. The maximum absolute atomic E-state index is 12.5. The fourth-order valence-corrected chi connectivity index (χ4v) is 3.27. The van der Waals surface area contributed by atoms with Gasteiger partial charge in [0, 0.05) is 18.4 Å². The van der Waals surface area contributed by atoms with E-state index >= 15 is 0 Å². The Balaban J connectivity index is 1.84. The summed E-state index contributed by atoms with van der Waals surface area (Å²) in [7, 11) is 1.55. The number of aliphatic hydroxyl groups excluding tert-OH is 1. The van der Waals surface area contributed by atoms with Gasteiger partial charge in [-0.1, -0.05) is 25.1 Å². The van der Waals surface area contributed by atoms with Gasteiger partial charge in [0.05, 0.1) is 23.8 Å². The van der Waals surface area contributed by atoms with Crippen molar-refractivity contribution in [1.29, 1.82) is 0 Å². The topological polar surface area (TPSA) is 78.9 Å². The zero-order chi connectivity index (χ0) is 18.1. The highest BCUT2D eigenvalue weighted by atomic mass is 16.5. The quantitative estimate of drug-likeness (QED) is 0.798. The SMILES string of the molecule is CCC1=C(C)NC(OC)C(C(O)CN2C(=O)c3ccccc3C2=O)=C1. The predicted octanol–water partition coefficient (Wildman–Crippen LogP) is 1.83. The molecule has 0 bridgehead atoms. The largest absolute Gasteiger partial charge is 0.387 e. The fourth-order valence-electron chi connectivity index (χ4n) is 3.27. The number of carbonyl (C=O) groups excluding carboxylic acids is 2. The Bertz CT molecular complexity index is 746. The number of nitrogens with zero attached hydrogens (tertiary/aromatic N) is 1. The van der Waals surface area contributed by atoms with Crippen LogP contribution in [0.1, 0.15) is 41.0 Å². The van der Waals surface area contributed by atoms with Crippen LogP contribution < -0.4 is 5.32 Å². The number of amides is 2. The molecule has 2 atom stereocenters. The van der Waals surface area contributed by atoms with Crippen molar-refractivity contribution in [1.82, 2.24) is 10.2 Å². The van der Waals surface area contributed by atoms with Crippen LogP contribution in [0.4, 0.5) is 0 Å². The summed E-state index contributed by atoms with van der Waals surface area (Å²) in [5.74, 6) is -0.749. The van der Waals surface area contributed by atoms with Gasteiger partial charge in [-0.3, -0.25) is 14.5 Å². The van der Waals surface area contributed by atoms with Crippen molar-refractivity contribution in [3.63, 3.8) is 0 Å². The van der Waals surface area contributed by atoms with E-state index in [1.54, 1.807) is 31.4 Å². The number of ether oxygens (including phenoxy) is 1. The number of hydrogen-bond donors (Lipinski definition) is 2. The van der Waals surface area contributed by atoms with E-state index in [1.807, 2.05) is 19.9 Å². The molecule has 132 valence electrons. The molecule has 1 aromatic carbocycles. The van der Waals surface area contributed by atoms with Crippen molar-refractivity contribution >= 4 is 11.8 Å². The second-order valence-corrected chi connectivity index (χ2v) is 6.19. The lowest BCUT2D eigenvalue weighted by molar-refractivity contribution is 0.0488. The van der Waals surface area contributed by atoms with Crippen LogP contribution in [0.3, 0.4) is 0 Å². The summed E-state index contributed by atoms with van der Waals surface area (Å²) in [5.41, 5.74) is 3.42. The van der Waals surface area contributed by atoms with Crippen molar-refractivity contribution in [3.8, 4) is 0 Å². The number of dihydropyridines is 1. The van der Waals surface area contributed by atoms with Gasteiger partial charge in [-0.05, 0) is 31.1 Å². The third-order valence-corrected chi connectivity index (χ3v) is 4.71. The summed E-state index contributed by atoms with van der Waals surface area (Å²) in [4.78, 5) is 26.0. The number of fused-ring (bicyclic) bond motifs is 1. The van der Waals surface area contributed by atoms with Gasteiger partial charge in [-0.25, -0.2) is 0 Å². The Labute approximate surface area is 146 Å². The molecule has 2 amide bonds. The Hall–Kier alpha value is -2.44. The predicted molar refractivity (Wildman–Crippen MR) is 92.8 cm³/mol. The Morgan fingerprint density at radius 2 is 1.84 bits per heavy atom. The molecule has 0 spiro atoms. The molecule has 25 heavy (non-hydrogen) atoms. The second kappa shape index (κ2) is 6.82. The minimum Gasteiger partial charge on any atom is -0.387 e. The number of carbonyl (C=O) groups is 2. The number of nitrogens with one attached hydrogen (secondary N) is 1. The molecule has 2 heterocycles. The first-order valence-corrected chi connectivity index (χ1v) is 8.31. The summed E-state index contributed by atoms with van der Waals surface area (Å²) in [6, 6.07) is 6.70. The molecule has 3 rings (SSSR count). The molecule has 0 fully saturated rings. The highest BCUT2D eigenvalue weighted by Crippen LogP contribution is 2.26. The molecule has 2 aliphatic heterocycles. The zero-order valence-corrected chi connectivity index (χ0v) is 14.6. The monoisotopic (exact) mass is 342 g/mol. The van der Waals surface area contributed by atoms with Crippen LogP contribution in [0.25, 0.3) is 0 Å². The summed E-state index contributed by atoms with van der Waals surface area (Å²) >= 11 is 0. The molecule has 6 heteroatoms. The van der Waals surface area contributed by atoms with E-state index in [1.165, 1.54) is 0 Å². The van der Waals surface area contributed by atoms with Gasteiger partial charge in [0.15, 0.2) is 6.23 Å². The third-order valence-electron chi connectivity index (χ3n) is 4.71. The standard InChI is InChI=1S/C19H22N2O4/c1-4-12-9-15(17(25-3)20-11(12)2)16(22)10-21-18(23)13-7-5-6-8-14(13)19(21)24/h5-9,16-17,20,22H,4,10H2,1-3H3. The van der Waals surface area contributed by atoms with Gasteiger partial charge >= 0.3 is 0 Å². The average Bonchev–Trinajstić information content (AvgIpc) is 2.86. The zero-order valence-electron chi connectivity index (χ0n) is 14.6. The number of hydrogen-bond acceptors (Lipinski definition) is 5. The third kappa shape index (κ3) is 2.99. The normalized spacial score (nSPS) is 21.2. The molecule has 2 unspecified atom stereocenters. The van der Waals surface area contributed by atoms with Crippen LogP contribution in [0.2, 0.25) is 0 Å². The van der Waals surface area contributed by atoms with Crippen molar-refractivity contribution in [3.05, 3.63) is 58.3 Å². The lowest BCUT2D eigenvalue weighted by Gasteiger charge is -2.31. The highest BCUT2D eigenvalue weighted by molar-refractivity contribution is 6.21. The summed E-state index contributed by atoms with van der Waals surface area (Å²) < 4.78 is 5.41. The molecule has 2 aliphatic rings. The van der Waals surface area contributed by atoms with E-state index in [9.17, 15) is 14.7 Å². The molecular weight excluding hydrogens is 320 g/mol. The van der Waals surface area contributed by atoms with Crippen LogP contribution in [-0.4, -0.2) is 47.8 Å². The fraction of sp³-hybridized carbons (Fsp3) is 0.368. The summed E-state index contributed by atoms with van der Waals surface area (Å²) in [6.45, 7) is 3.88. The van der Waals surface area contributed by atoms with Crippen molar-refractivity contribution in [2.75, 3.05) is 13.7 Å². The first-order valence-electron chi connectivity index (χ1n) is 8.31. The smallest absolute Gasteiger partial charge is 0.261 e. The van der Waals surface area contributed by atoms with E-state index in [2.05, 4.69) is 5.32 Å². The molecule has 0 radical (unpaired) electrons. The molecule has 2 N–H and O–H groups in total. The van der Waals surface area contributed by atoms with Gasteiger partial charge < -0.3 is 15.2 Å². The maximum Gasteiger partial charge on any atom is 0.261 e. The summed E-state index contributed by atoms with van der Waals surface area (Å²) in [5, 5.41) is 13.9. The number of methoxy groups -OCH3 is 1. The summed E-state index contributed by atoms with van der Waals surface area (Å²) in [6.07, 6.45) is 1.20. The van der Waals surface area contributed by atoms with Gasteiger partial charge in [0.1, 0.15) is 0 Å². The Morgan fingerprint density at radius 3 is 2.36 bits per heavy atom. The molecule has 0 aliphatic carbocycles. The van der Waals surface area contributed by atoms with Gasteiger partial charge in [-0.15, -0.1) is 0 Å². The van der Waals surface area contributed by atoms with Crippen molar-refractivity contribution in [2.24, 2.45) is 0 Å². The Morgan fingerprint density at radius 1 is 1.24 bits per heavy atom. The van der Waals surface area contributed by atoms with E-state index < -0.39 is 12.3 Å². The lowest BCUT2D eigenvalue weighted by atomic mass is 9.97. The lowest BCUT2D eigenvalue weighted by Crippen LogP contribution is -2.44.